The Hall–Kier alpha value is -0.340. The summed E-state index contributed by atoms with van der Waals surface area (Å²) in [4.78, 5) is 9.88. The molecule has 1 saturated heterocycles. The van der Waals surface area contributed by atoms with Gasteiger partial charge < -0.3 is 15.3 Å². The van der Waals surface area contributed by atoms with Crippen molar-refractivity contribution in [3.8, 4) is 0 Å². The molecule has 0 radical (unpaired) electrons. The Labute approximate surface area is 171 Å². The number of aliphatic hydroxyl groups is 1. The van der Waals surface area contributed by atoms with Crippen LogP contribution in [0.2, 0.25) is 0 Å². The van der Waals surface area contributed by atoms with Gasteiger partial charge in [-0.25, -0.2) is 0 Å². The monoisotopic (exact) mass is 464 g/mol. The van der Waals surface area contributed by atoms with E-state index in [1.807, 2.05) is 0 Å². The largest absolute Gasteiger partial charge is 0.396 e. The van der Waals surface area contributed by atoms with E-state index in [-0.39, 0.29) is 30.6 Å². The highest BCUT2D eigenvalue weighted by Crippen LogP contribution is 2.19. The minimum Gasteiger partial charge on any atom is -0.396 e. The highest BCUT2D eigenvalue weighted by atomic mass is 127. The molecule has 2 atom stereocenters. The molecule has 146 valence electrons. The molecule has 2 rings (SSSR count). The SMILES string of the molecule is CCNC(=NCC(CCO)CC(C)C)N1CCC(N2CC=CC2)C1.I. The van der Waals surface area contributed by atoms with Crippen LogP contribution in [-0.2, 0) is 0 Å². The molecule has 0 aromatic rings. The lowest BCUT2D eigenvalue weighted by Gasteiger charge is -2.26. The van der Waals surface area contributed by atoms with E-state index in [2.05, 4.69) is 48.0 Å². The number of hydrogen-bond donors (Lipinski definition) is 2. The first-order valence-corrected chi connectivity index (χ1v) is 9.67. The summed E-state index contributed by atoms with van der Waals surface area (Å²) in [5, 5.41) is 12.8. The highest BCUT2D eigenvalue weighted by Gasteiger charge is 2.29. The summed E-state index contributed by atoms with van der Waals surface area (Å²) in [5.74, 6) is 2.18. The zero-order valence-corrected chi connectivity index (χ0v) is 18.5. The zero-order chi connectivity index (χ0) is 17.4. The van der Waals surface area contributed by atoms with Gasteiger partial charge in [0.1, 0.15) is 0 Å². The number of aliphatic imine (C=N–C) groups is 1. The molecule has 2 heterocycles. The lowest BCUT2D eigenvalue weighted by molar-refractivity contribution is 0.245. The van der Waals surface area contributed by atoms with Gasteiger partial charge in [-0.15, -0.1) is 24.0 Å². The van der Waals surface area contributed by atoms with E-state index in [0.29, 0.717) is 17.9 Å². The van der Waals surface area contributed by atoms with E-state index in [4.69, 9.17) is 4.99 Å². The quantitative estimate of drug-likeness (QED) is 0.251. The summed E-state index contributed by atoms with van der Waals surface area (Å²) in [7, 11) is 0. The van der Waals surface area contributed by atoms with Crippen LogP contribution in [0.5, 0.6) is 0 Å². The fourth-order valence-corrected chi connectivity index (χ4v) is 3.80. The number of rotatable bonds is 8. The second-order valence-corrected chi connectivity index (χ2v) is 7.52. The predicted molar refractivity (Wildman–Crippen MR) is 117 cm³/mol. The van der Waals surface area contributed by atoms with Crippen LogP contribution in [0, 0.1) is 11.8 Å². The van der Waals surface area contributed by atoms with Gasteiger partial charge in [0.2, 0.25) is 0 Å². The Morgan fingerprint density at radius 3 is 2.64 bits per heavy atom. The van der Waals surface area contributed by atoms with Crippen molar-refractivity contribution in [2.24, 2.45) is 16.8 Å². The number of hydrogen-bond acceptors (Lipinski definition) is 3. The van der Waals surface area contributed by atoms with Crippen LogP contribution in [0.4, 0.5) is 0 Å². The number of aliphatic hydroxyl groups excluding tert-OH is 1. The van der Waals surface area contributed by atoms with E-state index >= 15 is 0 Å². The number of nitrogens with zero attached hydrogens (tertiary/aromatic N) is 3. The highest BCUT2D eigenvalue weighted by molar-refractivity contribution is 14.0. The molecule has 2 N–H and O–H groups in total. The average molecular weight is 464 g/mol. The summed E-state index contributed by atoms with van der Waals surface area (Å²) in [5.41, 5.74) is 0. The molecule has 2 unspecified atom stereocenters. The first-order valence-electron chi connectivity index (χ1n) is 9.67. The molecule has 0 saturated carbocycles. The van der Waals surface area contributed by atoms with Gasteiger partial charge in [0.15, 0.2) is 5.96 Å². The molecule has 0 spiro atoms. The van der Waals surface area contributed by atoms with Crippen LogP contribution in [0.1, 0.15) is 40.0 Å². The maximum atomic E-state index is 9.30. The molecule has 0 aliphatic carbocycles. The molecule has 5 nitrogen and oxygen atoms in total. The zero-order valence-electron chi connectivity index (χ0n) is 16.2. The minimum absolute atomic E-state index is 0. The van der Waals surface area contributed by atoms with E-state index in [1.165, 1.54) is 6.42 Å². The van der Waals surface area contributed by atoms with E-state index in [9.17, 15) is 5.11 Å². The van der Waals surface area contributed by atoms with Gasteiger partial charge in [-0.05, 0) is 38.0 Å². The minimum atomic E-state index is 0. The lowest BCUT2D eigenvalue weighted by atomic mass is 9.94. The lowest BCUT2D eigenvalue weighted by Crippen LogP contribution is -2.43. The Morgan fingerprint density at radius 1 is 1.32 bits per heavy atom. The fraction of sp³-hybridized carbons (Fsp3) is 0.842. The third-order valence-corrected chi connectivity index (χ3v) is 5.00. The van der Waals surface area contributed by atoms with E-state index in [1.54, 1.807) is 0 Å². The van der Waals surface area contributed by atoms with Crippen molar-refractivity contribution < 1.29 is 5.11 Å². The predicted octanol–water partition coefficient (Wildman–Crippen LogP) is 2.56. The first kappa shape index (κ1) is 22.7. The maximum Gasteiger partial charge on any atom is 0.193 e. The van der Waals surface area contributed by atoms with Crippen molar-refractivity contribution >= 4 is 29.9 Å². The van der Waals surface area contributed by atoms with Gasteiger partial charge in [0.25, 0.3) is 0 Å². The standard InChI is InChI=1S/C19H36N4O.HI/c1-4-20-19(21-14-17(8-12-24)13-16(2)3)23-11-7-18(15-23)22-9-5-6-10-22;/h5-6,16-18,24H,4,7-15H2,1-3H3,(H,20,21);1H. The normalized spacial score (nSPS) is 22.5. The molecule has 0 amide bonds. The fourth-order valence-electron chi connectivity index (χ4n) is 3.80. The molecule has 2 aliphatic rings. The number of halogens is 1. The first-order chi connectivity index (χ1) is 11.6. The Balaban J connectivity index is 0.00000312. The maximum absolute atomic E-state index is 9.30. The van der Waals surface area contributed by atoms with Crippen LogP contribution < -0.4 is 5.32 Å². The van der Waals surface area contributed by atoms with Gasteiger partial charge in [-0.2, -0.15) is 0 Å². The van der Waals surface area contributed by atoms with Crippen molar-refractivity contribution in [2.75, 3.05) is 45.9 Å². The number of likely N-dealkylation sites (tertiary alicyclic amines) is 1. The Bertz CT molecular complexity index is 420. The molecular weight excluding hydrogens is 427 g/mol. The van der Waals surface area contributed by atoms with Gasteiger partial charge in [0.05, 0.1) is 0 Å². The van der Waals surface area contributed by atoms with Crippen LogP contribution in [0.15, 0.2) is 17.1 Å². The Morgan fingerprint density at radius 2 is 2.04 bits per heavy atom. The summed E-state index contributed by atoms with van der Waals surface area (Å²) < 4.78 is 0. The van der Waals surface area contributed by atoms with Crippen LogP contribution >= 0.6 is 24.0 Å². The van der Waals surface area contributed by atoms with Gasteiger partial charge in [-0.1, -0.05) is 26.0 Å². The second kappa shape index (κ2) is 12.1. The second-order valence-electron chi connectivity index (χ2n) is 7.52. The smallest absolute Gasteiger partial charge is 0.193 e. The van der Waals surface area contributed by atoms with Crippen molar-refractivity contribution in [1.82, 2.24) is 15.1 Å². The molecule has 1 fully saturated rings. The van der Waals surface area contributed by atoms with Crippen molar-refractivity contribution in [1.29, 1.82) is 0 Å². The van der Waals surface area contributed by atoms with E-state index < -0.39 is 0 Å². The summed E-state index contributed by atoms with van der Waals surface area (Å²) in [6.45, 7) is 12.9. The average Bonchev–Trinajstić information content (AvgIpc) is 3.21. The van der Waals surface area contributed by atoms with Crippen LogP contribution in [0.3, 0.4) is 0 Å². The van der Waals surface area contributed by atoms with Crippen LogP contribution in [0.25, 0.3) is 0 Å². The molecule has 0 bridgehead atoms. The number of nitrogens with one attached hydrogen (secondary N) is 1. The molecule has 0 aromatic carbocycles. The summed E-state index contributed by atoms with van der Waals surface area (Å²) >= 11 is 0. The molecule has 25 heavy (non-hydrogen) atoms. The van der Waals surface area contributed by atoms with Crippen LogP contribution in [-0.4, -0.2) is 72.8 Å². The third-order valence-electron chi connectivity index (χ3n) is 5.00. The van der Waals surface area contributed by atoms with Gasteiger partial charge >= 0.3 is 0 Å². The number of guanidine groups is 1. The third kappa shape index (κ3) is 7.43. The topological polar surface area (TPSA) is 51.1 Å². The van der Waals surface area contributed by atoms with E-state index in [0.717, 1.165) is 58.1 Å². The van der Waals surface area contributed by atoms with Crippen molar-refractivity contribution in [2.45, 2.75) is 46.1 Å². The molecule has 2 aliphatic heterocycles. The van der Waals surface area contributed by atoms with Gasteiger partial charge in [-0.3, -0.25) is 9.89 Å². The Kier molecular flexibility index (Phi) is 11.0. The molecule has 0 aromatic heterocycles. The van der Waals surface area contributed by atoms with Gasteiger partial charge in [0, 0.05) is 51.9 Å². The molecular formula is C19H37IN4O. The molecule has 6 heteroatoms. The summed E-state index contributed by atoms with van der Waals surface area (Å²) in [6, 6.07) is 0.646. The summed E-state index contributed by atoms with van der Waals surface area (Å²) in [6.07, 6.45) is 7.74. The van der Waals surface area contributed by atoms with Crippen molar-refractivity contribution in [3.05, 3.63) is 12.2 Å². The van der Waals surface area contributed by atoms with Crippen molar-refractivity contribution in [3.63, 3.8) is 0 Å².